The minimum atomic E-state index is -0.346. The Kier molecular flexibility index (Phi) is 4.45. The van der Waals surface area contributed by atoms with Gasteiger partial charge < -0.3 is 5.32 Å². The van der Waals surface area contributed by atoms with Gasteiger partial charge in [0.15, 0.2) is 0 Å². The molecule has 0 radical (unpaired) electrons. The minimum Gasteiger partial charge on any atom is -0.307 e. The lowest BCUT2D eigenvalue weighted by molar-refractivity contribution is 0.102. The number of amides is 1. The number of hydrogen-bond donors (Lipinski definition) is 1. The van der Waals surface area contributed by atoms with Crippen LogP contribution < -0.4 is 5.32 Å². The van der Waals surface area contributed by atoms with E-state index in [9.17, 15) is 4.79 Å². The zero-order valence-electron chi connectivity index (χ0n) is 9.88. The van der Waals surface area contributed by atoms with Crippen LogP contribution in [0.5, 0.6) is 0 Å². The average Bonchev–Trinajstić information content (AvgIpc) is 2.37. The summed E-state index contributed by atoms with van der Waals surface area (Å²) in [6.07, 6.45) is 1.63. The van der Waals surface area contributed by atoms with Crippen molar-refractivity contribution in [3.05, 3.63) is 56.1 Å². The number of benzene rings is 1. The van der Waals surface area contributed by atoms with Gasteiger partial charge in [0.05, 0.1) is 15.6 Å². The first kappa shape index (κ1) is 14.3. The molecule has 19 heavy (non-hydrogen) atoms. The molecule has 2 rings (SSSR count). The van der Waals surface area contributed by atoms with E-state index in [2.05, 4.69) is 26.2 Å². The van der Waals surface area contributed by atoms with Crippen molar-refractivity contribution in [2.75, 3.05) is 5.32 Å². The van der Waals surface area contributed by atoms with Crippen molar-refractivity contribution in [1.82, 2.24) is 4.98 Å². The normalized spacial score (nSPS) is 10.3. The fourth-order valence-electron chi connectivity index (χ4n) is 1.47. The lowest BCUT2D eigenvalue weighted by atomic mass is 10.2. The largest absolute Gasteiger partial charge is 0.307 e. The number of hydrogen-bond acceptors (Lipinski definition) is 2. The summed E-state index contributed by atoms with van der Waals surface area (Å²) in [5.41, 5.74) is 1.29. The van der Waals surface area contributed by atoms with Crippen molar-refractivity contribution in [3.63, 3.8) is 0 Å². The van der Waals surface area contributed by atoms with Crippen molar-refractivity contribution in [3.8, 4) is 0 Å². The van der Waals surface area contributed by atoms with Gasteiger partial charge in [-0.1, -0.05) is 29.3 Å². The molecule has 1 amide bonds. The number of halogens is 3. The predicted octanol–water partition coefficient (Wildman–Crippen LogP) is 4.71. The molecule has 0 aliphatic carbocycles. The third-order valence-corrected chi connectivity index (χ3v) is 4.13. The summed E-state index contributed by atoms with van der Waals surface area (Å²) in [5, 5.41) is 3.25. The summed E-state index contributed by atoms with van der Waals surface area (Å²) in [5.74, 6) is 0.114. The van der Waals surface area contributed by atoms with E-state index in [1.165, 1.54) is 0 Å². The van der Waals surface area contributed by atoms with Crippen molar-refractivity contribution in [2.45, 2.75) is 6.92 Å². The number of anilines is 1. The highest BCUT2D eigenvalue weighted by Crippen LogP contribution is 2.26. The van der Waals surface area contributed by atoms with Crippen LogP contribution in [-0.4, -0.2) is 10.9 Å². The average molecular weight is 360 g/mol. The van der Waals surface area contributed by atoms with E-state index < -0.39 is 0 Å². The maximum Gasteiger partial charge on any atom is 0.258 e. The highest BCUT2D eigenvalue weighted by Gasteiger charge is 2.13. The zero-order valence-corrected chi connectivity index (χ0v) is 13.0. The second kappa shape index (κ2) is 5.90. The fourth-order valence-corrected chi connectivity index (χ4v) is 2.07. The SMILES string of the molecule is Cc1cc(NC(=O)c2cccc(Cl)c2Cl)ncc1Br. The molecule has 6 heteroatoms. The van der Waals surface area contributed by atoms with Gasteiger partial charge in [-0.15, -0.1) is 0 Å². The molecule has 98 valence electrons. The molecule has 0 unspecified atom stereocenters. The summed E-state index contributed by atoms with van der Waals surface area (Å²) in [4.78, 5) is 16.2. The van der Waals surface area contributed by atoms with Gasteiger partial charge in [0.25, 0.3) is 5.91 Å². The second-order valence-electron chi connectivity index (χ2n) is 3.87. The molecule has 1 aromatic carbocycles. The Morgan fingerprint density at radius 2 is 2.11 bits per heavy atom. The maximum atomic E-state index is 12.1. The van der Waals surface area contributed by atoms with Crippen molar-refractivity contribution in [1.29, 1.82) is 0 Å². The van der Waals surface area contributed by atoms with Crippen LogP contribution >= 0.6 is 39.1 Å². The van der Waals surface area contributed by atoms with E-state index in [0.717, 1.165) is 10.0 Å². The summed E-state index contributed by atoms with van der Waals surface area (Å²) in [7, 11) is 0. The summed E-state index contributed by atoms with van der Waals surface area (Å²) in [6.45, 7) is 1.91. The summed E-state index contributed by atoms with van der Waals surface area (Å²) in [6, 6.07) is 6.67. The van der Waals surface area contributed by atoms with Crippen LogP contribution in [0, 0.1) is 6.92 Å². The summed E-state index contributed by atoms with van der Waals surface area (Å²) >= 11 is 15.2. The molecule has 1 N–H and O–H groups in total. The van der Waals surface area contributed by atoms with Gasteiger partial charge in [-0.05, 0) is 46.6 Å². The number of pyridine rings is 1. The Labute approximate surface area is 129 Å². The van der Waals surface area contributed by atoms with Crippen molar-refractivity contribution >= 4 is 50.9 Å². The molecule has 1 heterocycles. The molecule has 0 spiro atoms. The van der Waals surface area contributed by atoms with Crippen LogP contribution in [0.4, 0.5) is 5.82 Å². The molecular formula is C13H9BrCl2N2O. The molecule has 0 saturated carbocycles. The maximum absolute atomic E-state index is 12.1. The lowest BCUT2D eigenvalue weighted by Crippen LogP contribution is -2.13. The Morgan fingerprint density at radius 1 is 1.37 bits per heavy atom. The van der Waals surface area contributed by atoms with Crippen LogP contribution in [0.25, 0.3) is 0 Å². The van der Waals surface area contributed by atoms with Crippen LogP contribution in [0.15, 0.2) is 34.9 Å². The van der Waals surface area contributed by atoms with Gasteiger partial charge in [-0.2, -0.15) is 0 Å². The van der Waals surface area contributed by atoms with Crippen LogP contribution in [-0.2, 0) is 0 Å². The quantitative estimate of drug-likeness (QED) is 0.843. The number of nitrogens with zero attached hydrogens (tertiary/aromatic N) is 1. The van der Waals surface area contributed by atoms with Gasteiger partial charge >= 0.3 is 0 Å². The second-order valence-corrected chi connectivity index (χ2v) is 5.51. The smallest absolute Gasteiger partial charge is 0.258 e. The van der Waals surface area contributed by atoms with E-state index in [1.807, 2.05) is 6.92 Å². The van der Waals surface area contributed by atoms with Gasteiger partial charge in [0.1, 0.15) is 5.82 Å². The van der Waals surface area contributed by atoms with E-state index in [-0.39, 0.29) is 10.9 Å². The fraction of sp³-hybridized carbons (Fsp3) is 0.0769. The molecule has 1 aromatic heterocycles. The van der Waals surface area contributed by atoms with Crippen molar-refractivity contribution in [2.24, 2.45) is 0 Å². The predicted molar refractivity (Wildman–Crippen MR) is 81.1 cm³/mol. The number of rotatable bonds is 2. The number of aromatic nitrogens is 1. The Bertz CT molecular complexity index is 647. The van der Waals surface area contributed by atoms with E-state index in [0.29, 0.717) is 16.4 Å². The number of aryl methyl sites for hydroxylation is 1. The highest BCUT2D eigenvalue weighted by atomic mass is 79.9. The number of carbonyl (C=O) groups is 1. The van der Waals surface area contributed by atoms with Gasteiger partial charge in [-0.25, -0.2) is 4.98 Å². The third-order valence-electron chi connectivity index (χ3n) is 2.48. The number of carbonyl (C=O) groups excluding carboxylic acids is 1. The first-order chi connectivity index (χ1) is 8.99. The highest BCUT2D eigenvalue weighted by molar-refractivity contribution is 9.10. The lowest BCUT2D eigenvalue weighted by Gasteiger charge is -2.08. The molecular weight excluding hydrogens is 351 g/mol. The first-order valence-corrected chi connectivity index (χ1v) is 6.91. The van der Waals surface area contributed by atoms with Crippen LogP contribution in [0.3, 0.4) is 0 Å². The summed E-state index contributed by atoms with van der Waals surface area (Å²) < 4.78 is 0.881. The Morgan fingerprint density at radius 3 is 2.79 bits per heavy atom. The molecule has 2 aromatic rings. The zero-order chi connectivity index (χ0) is 14.0. The van der Waals surface area contributed by atoms with Crippen LogP contribution in [0.2, 0.25) is 10.0 Å². The first-order valence-electron chi connectivity index (χ1n) is 5.36. The Hall–Kier alpha value is -1.10. The topological polar surface area (TPSA) is 42.0 Å². The monoisotopic (exact) mass is 358 g/mol. The molecule has 0 atom stereocenters. The van der Waals surface area contributed by atoms with Gasteiger partial charge in [0.2, 0.25) is 0 Å². The molecule has 0 fully saturated rings. The molecule has 3 nitrogen and oxygen atoms in total. The van der Waals surface area contributed by atoms with Gasteiger partial charge in [0, 0.05) is 10.7 Å². The molecule has 0 saturated heterocycles. The van der Waals surface area contributed by atoms with E-state index in [1.54, 1.807) is 30.5 Å². The molecule has 0 aliphatic heterocycles. The van der Waals surface area contributed by atoms with E-state index >= 15 is 0 Å². The van der Waals surface area contributed by atoms with E-state index in [4.69, 9.17) is 23.2 Å². The third kappa shape index (κ3) is 3.26. The Balaban J connectivity index is 2.26. The van der Waals surface area contributed by atoms with Crippen molar-refractivity contribution < 1.29 is 4.79 Å². The van der Waals surface area contributed by atoms with Crippen LogP contribution in [0.1, 0.15) is 15.9 Å². The molecule has 0 aliphatic rings. The minimum absolute atomic E-state index is 0.232. The van der Waals surface area contributed by atoms with Gasteiger partial charge in [-0.3, -0.25) is 4.79 Å². The number of nitrogens with one attached hydrogen (secondary N) is 1. The molecule has 0 bridgehead atoms. The standard InChI is InChI=1S/C13H9BrCl2N2O/c1-7-5-11(17-6-9(7)14)18-13(19)8-3-2-4-10(15)12(8)16/h2-6H,1H3,(H,17,18,19).